The smallest absolute Gasteiger partial charge is 0.220 e. The average Bonchev–Trinajstić information content (AvgIpc) is 3.13. The summed E-state index contributed by atoms with van der Waals surface area (Å²) < 4.78 is 0. The Bertz CT molecular complexity index is 775. The minimum absolute atomic E-state index is 0.0772. The molecule has 4 heteroatoms. The van der Waals surface area contributed by atoms with Crippen molar-refractivity contribution < 1.29 is 15.0 Å². The lowest BCUT2D eigenvalue weighted by Gasteiger charge is -2.19. The topological polar surface area (TPSA) is 69.6 Å². The van der Waals surface area contributed by atoms with Crippen LogP contribution in [0.2, 0.25) is 0 Å². The van der Waals surface area contributed by atoms with Crippen LogP contribution in [0.25, 0.3) is 0 Å². The molecular formula is C47H89NO3. The number of aliphatic hydroxyl groups is 2. The van der Waals surface area contributed by atoms with Crippen LogP contribution in [0.4, 0.5) is 0 Å². The van der Waals surface area contributed by atoms with Gasteiger partial charge in [0.25, 0.3) is 0 Å². The zero-order valence-corrected chi connectivity index (χ0v) is 34.4. The van der Waals surface area contributed by atoms with Gasteiger partial charge in [-0.15, -0.1) is 0 Å². The SMILES string of the molecule is CC/C=C/CC/C=C/CC/C=C/C(O)C(CO)NC(=O)CCCCCCCCCCCCCCCCCCCCCCCCCCCCCCC. The predicted octanol–water partition coefficient (Wildman–Crippen LogP) is 14.2. The minimum Gasteiger partial charge on any atom is -0.394 e. The fourth-order valence-electron chi connectivity index (χ4n) is 6.92. The molecule has 0 saturated carbocycles. The van der Waals surface area contributed by atoms with Crippen molar-refractivity contribution in [2.45, 2.75) is 251 Å². The number of carbonyl (C=O) groups excluding carboxylic acids is 1. The third-order valence-corrected chi connectivity index (χ3v) is 10.4. The lowest BCUT2D eigenvalue weighted by atomic mass is 10.0. The van der Waals surface area contributed by atoms with Crippen molar-refractivity contribution in [2.24, 2.45) is 0 Å². The Balaban J connectivity index is 3.42. The van der Waals surface area contributed by atoms with Crippen molar-refractivity contribution >= 4 is 5.91 Å². The van der Waals surface area contributed by atoms with Gasteiger partial charge in [-0.05, 0) is 38.5 Å². The maximum atomic E-state index is 12.3. The molecule has 300 valence electrons. The van der Waals surface area contributed by atoms with Crippen LogP contribution in [-0.4, -0.2) is 34.9 Å². The Kier molecular flexibility index (Phi) is 41.8. The number of amides is 1. The maximum absolute atomic E-state index is 12.3. The molecule has 0 spiro atoms. The Morgan fingerprint density at radius 3 is 1.12 bits per heavy atom. The normalized spacial score (nSPS) is 13.3. The molecule has 4 nitrogen and oxygen atoms in total. The molecule has 0 saturated heterocycles. The molecular weight excluding hydrogens is 627 g/mol. The Hall–Kier alpha value is -1.39. The lowest BCUT2D eigenvalue weighted by molar-refractivity contribution is -0.123. The second kappa shape index (κ2) is 43.0. The van der Waals surface area contributed by atoms with Gasteiger partial charge >= 0.3 is 0 Å². The number of allylic oxidation sites excluding steroid dienone is 5. The first-order chi connectivity index (χ1) is 25.2. The van der Waals surface area contributed by atoms with Crippen LogP contribution < -0.4 is 5.32 Å². The largest absolute Gasteiger partial charge is 0.394 e. The van der Waals surface area contributed by atoms with Crippen molar-refractivity contribution in [1.82, 2.24) is 5.32 Å². The number of nitrogens with one attached hydrogen (secondary N) is 1. The average molecular weight is 716 g/mol. The first-order valence-electron chi connectivity index (χ1n) is 22.7. The quantitative estimate of drug-likeness (QED) is 0.0436. The van der Waals surface area contributed by atoms with Crippen molar-refractivity contribution in [3.8, 4) is 0 Å². The van der Waals surface area contributed by atoms with Gasteiger partial charge in [-0.1, -0.05) is 230 Å². The van der Waals surface area contributed by atoms with Crippen molar-refractivity contribution in [3.63, 3.8) is 0 Å². The highest BCUT2D eigenvalue weighted by Gasteiger charge is 2.17. The summed E-state index contributed by atoms with van der Waals surface area (Å²) in [5, 5.41) is 22.9. The van der Waals surface area contributed by atoms with Crippen molar-refractivity contribution in [1.29, 1.82) is 0 Å². The van der Waals surface area contributed by atoms with Crippen LogP contribution in [0.1, 0.15) is 239 Å². The zero-order chi connectivity index (χ0) is 37.1. The first kappa shape index (κ1) is 49.6. The number of aliphatic hydroxyl groups excluding tert-OH is 2. The van der Waals surface area contributed by atoms with E-state index >= 15 is 0 Å². The van der Waals surface area contributed by atoms with Gasteiger partial charge in [-0.25, -0.2) is 0 Å². The van der Waals surface area contributed by atoms with Gasteiger partial charge in [0.2, 0.25) is 5.91 Å². The predicted molar refractivity (Wildman–Crippen MR) is 225 cm³/mol. The lowest BCUT2D eigenvalue weighted by Crippen LogP contribution is -2.45. The summed E-state index contributed by atoms with van der Waals surface area (Å²) in [6.07, 6.45) is 57.2. The molecule has 0 aromatic rings. The second-order valence-electron chi connectivity index (χ2n) is 15.4. The first-order valence-corrected chi connectivity index (χ1v) is 22.7. The number of hydrogen-bond donors (Lipinski definition) is 3. The van der Waals surface area contributed by atoms with Crippen molar-refractivity contribution in [2.75, 3.05) is 6.61 Å². The summed E-state index contributed by atoms with van der Waals surface area (Å²) in [7, 11) is 0. The van der Waals surface area contributed by atoms with Crippen LogP contribution in [0.15, 0.2) is 36.5 Å². The summed E-state index contributed by atoms with van der Waals surface area (Å²) in [5.74, 6) is -0.0772. The molecule has 51 heavy (non-hydrogen) atoms. The fraction of sp³-hybridized carbons (Fsp3) is 0.851. The summed E-state index contributed by atoms with van der Waals surface area (Å²) in [5.41, 5.74) is 0. The Labute approximate surface area is 319 Å². The molecule has 0 aliphatic heterocycles. The zero-order valence-electron chi connectivity index (χ0n) is 34.4. The van der Waals surface area contributed by atoms with Crippen molar-refractivity contribution in [3.05, 3.63) is 36.5 Å². The van der Waals surface area contributed by atoms with Gasteiger partial charge in [-0.3, -0.25) is 4.79 Å². The number of unbranched alkanes of at least 4 members (excludes halogenated alkanes) is 30. The molecule has 3 N–H and O–H groups in total. The molecule has 0 rings (SSSR count). The molecule has 0 bridgehead atoms. The van der Waals surface area contributed by atoms with Gasteiger partial charge in [0.05, 0.1) is 18.8 Å². The molecule has 0 radical (unpaired) electrons. The molecule has 0 heterocycles. The molecule has 0 aromatic heterocycles. The van der Waals surface area contributed by atoms with Crippen LogP contribution >= 0.6 is 0 Å². The van der Waals surface area contributed by atoms with Gasteiger partial charge in [0.1, 0.15) is 0 Å². The summed E-state index contributed by atoms with van der Waals surface area (Å²) in [6, 6.07) is -0.640. The highest BCUT2D eigenvalue weighted by atomic mass is 16.3. The molecule has 0 aliphatic carbocycles. The highest BCUT2D eigenvalue weighted by molar-refractivity contribution is 5.76. The van der Waals surface area contributed by atoms with E-state index < -0.39 is 12.1 Å². The molecule has 1 amide bonds. The maximum Gasteiger partial charge on any atom is 0.220 e. The van der Waals surface area contributed by atoms with Gasteiger partial charge in [0, 0.05) is 6.42 Å². The number of rotatable bonds is 41. The van der Waals surface area contributed by atoms with Crippen LogP contribution in [0.5, 0.6) is 0 Å². The molecule has 2 atom stereocenters. The number of hydrogen-bond acceptors (Lipinski definition) is 3. The Morgan fingerprint density at radius 2 is 0.784 bits per heavy atom. The van der Waals surface area contributed by atoms with E-state index in [1.165, 1.54) is 173 Å². The highest BCUT2D eigenvalue weighted by Crippen LogP contribution is 2.16. The van der Waals surface area contributed by atoms with Gasteiger partial charge < -0.3 is 15.5 Å². The van der Waals surface area contributed by atoms with Gasteiger partial charge in [0.15, 0.2) is 0 Å². The standard InChI is InChI=1S/C47H89NO3/c1-3-5-7-9-11-13-15-16-17-18-19-20-21-22-23-24-25-26-27-28-29-30-31-32-33-35-37-39-41-43-47(51)48-45(44-49)46(50)42-40-38-36-34-14-12-10-8-6-4-2/h6,8,14,34,40,42,45-46,49-50H,3-5,7,9-13,15-33,35-39,41,43-44H2,1-2H3,(H,48,51)/b8-6+,34-14+,42-40+. The van der Waals surface area contributed by atoms with E-state index in [1.54, 1.807) is 6.08 Å². The molecule has 0 fully saturated rings. The molecule has 0 aromatic carbocycles. The van der Waals surface area contributed by atoms with Gasteiger partial charge in [-0.2, -0.15) is 0 Å². The van der Waals surface area contributed by atoms with Crippen LogP contribution in [0.3, 0.4) is 0 Å². The Morgan fingerprint density at radius 1 is 0.471 bits per heavy atom. The van der Waals surface area contributed by atoms with E-state index in [2.05, 4.69) is 43.5 Å². The summed E-state index contributed by atoms with van der Waals surface area (Å²) in [4.78, 5) is 12.3. The van der Waals surface area contributed by atoms with Crippen LogP contribution in [-0.2, 0) is 4.79 Å². The van der Waals surface area contributed by atoms with E-state index in [9.17, 15) is 15.0 Å². The van der Waals surface area contributed by atoms with E-state index in [4.69, 9.17) is 0 Å². The fourth-order valence-corrected chi connectivity index (χ4v) is 6.92. The van der Waals surface area contributed by atoms with E-state index in [1.807, 2.05) is 6.08 Å². The molecule has 0 aliphatic rings. The van der Waals surface area contributed by atoms with E-state index in [0.717, 1.165) is 44.9 Å². The minimum atomic E-state index is -0.865. The monoisotopic (exact) mass is 716 g/mol. The van der Waals surface area contributed by atoms with E-state index in [-0.39, 0.29) is 12.5 Å². The third-order valence-electron chi connectivity index (χ3n) is 10.4. The van der Waals surface area contributed by atoms with E-state index in [0.29, 0.717) is 6.42 Å². The summed E-state index contributed by atoms with van der Waals surface area (Å²) >= 11 is 0. The summed E-state index contributed by atoms with van der Waals surface area (Å²) in [6.45, 7) is 4.18. The third kappa shape index (κ3) is 39.6. The van der Waals surface area contributed by atoms with Crippen LogP contribution in [0, 0.1) is 0 Å². The molecule has 2 unspecified atom stereocenters. The second-order valence-corrected chi connectivity index (χ2v) is 15.4. The number of carbonyl (C=O) groups is 1.